The van der Waals surface area contributed by atoms with Crippen LogP contribution in [-0.2, 0) is 16.2 Å². The molecule has 6 nitrogen and oxygen atoms in total. The predicted molar refractivity (Wildman–Crippen MR) is 83.3 cm³/mol. The van der Waals surface area contributed by atoms with Crippen LogP contribution in [0.25, 0.3) is 0 Å². The molecule has 0 saturated heterocycles. The molecule has 0 heterocycles. The Balaban J connectivity index is 2.24. The van der Waals surface area contributed by atoms with Gasteiger partial charge in [-0.1, -0.05) is 12.1 Å². The fourth-order valence-corrected chi connectivity index (χ4v) is 3.33. The van der Waals surface area contributed by atoms with Gasteiger partial charge in [-0.3, -0.25) is 10.1 Å². The molecule has 1 atom stereocenters. The SMILES string of the molecule is CC(NS(=O)(=O)c1ccc([N+](=O)[O-])cc1)c1cccc(C(F)(F)F)c1. The quantitative estimate of drug-likeness (QED) is 0.639. The summed E-state index contributed by atoms with van der Waals surface area (Å²) in [6, 6.07) is 7.56. The highest BCUT2D eigenvalue weighted by Gasteiger charge is 2.31. The molecule has 0 radical (unpaired) electrons. The highest BCUT2D eigenvalue weighted by atomic mass is 32.2. The average Bonchev–Trinajstić information content (AvgIpc) is 2.54. The summed E-state index contributed by atoms with van der Waals surface area (Å²) in [5.41, 5.74) is -1.02. The number of sulfonamides is 1. The fourth-order valence-electron chi connectivity index (χ4n) is 2.10. The van der Waals surface area contributed by atoms with Crippen LogP contribution in [0, 0.1) is 10.1 Å². The van der Waals surface area contributed by atoms with E-state index in [0.717, 1.165) is 36.4 Å². The topological polar surface area (TPSA) is 89.3 Å². The van der Waals surface area contributed by atoms with Gasteiger partial charge in [0.1, 0.15) is 0 Å². The Kier molecular flexibility index (Phi) is 5.14. The molecule has 0 bridgehead atoms. The number of rotatable bonds is 5. The summed E-state index contributed by atoms with van der Waals surface area (Å²) < 4.78 is 65.0. The first-order chi connectivity index (χ1) is 11.5. The third-order valence-corrected chi connectivity index (χ3v) is 4.96. The van der Waals surface area contributed by atoms with E-state index in [0.29, 0.717) is 0 Å². The number of nitro groups is 1. The minimum atomic E-state index is -4.53. The molecule has 2 aromatic rings. The highest BCUT2D eigenvalue weighted by molar-refractivity contribution is 7.89. The number of nitrogens with zero attached hydrogens (tertiary/aromatic N) is 1. The van der Waals surface area contributed by atoms with Crippen molar-refractivity contribution in [1.82, 2.24) is 4.72 Å². The van der Waals surface area contributed by atoms with Gasteiger partial charge in [0.15, 0.2) is 0 Å². The largest absolute Gasteiger partial charge is 0.416 e. The van der Waals surface area contributed by atoms with Crippen molar-refractivity contribution >= 4 is 15.7 Å². The lowest BCUT2D eigenvalue weighted by molar-refractivity contribution is -0.384. The molecule has 1 N–H and O–H groups in total. The van der Waals surface area contributed by atoms with E-state index >= 15 is 0 Å². The van der Waals surface area contributed by atoms with E-state index in [1.807, 2.05) is 0 Å². The van der Waals surface area contributed by atoms with Gasteiger partial charge < -0.3 is 0 Å². The van der Waals surface area contributed by atoms with E-state index in [9.17, 15) is 31.7 Å². The lowest BCUT2D eigenvalue weighted by atomic mass is 10.1. The van der Waals surface area contributed by atoms with Crippen molar-refractivity contribution in [3.05, 3.63) is 69.8 Å². The second-order valence-corrected chi connectivity index (χ2v) is 6.93. The maximum atomic E-state index is 12.7. The second-order valence-electron chi connectivity index (χ2n) is 5.22. The van der Waals surface area contributed by atoms with Crippen LogP contribution in [0.2, 0.25) is 0 Å². The molecule has 10 heteroatoms. The molecule has 134 valence electrons. The van der Waals surface area contributed by atoms with Gasteiger partial charge in [-0.15, -0.1) is 0 Å². The summed E-state index contributed by atoms with van der Waals surface area (Å²) in [5.74, 6) is 0. The Bertz CT molecular complexity index is 880. The summed E-state index contributed by atoms with van der Waals surface area (Å²) in [7, 11) is -4.05. The number of halogens is 3. The number of benzene rings is 2. The van der Waals surface area contributed by atoms with Crippen molar-refractivity contribution in [3.8, 4) is 0 Å². The first-order valence-electron chi connectivity index (χ1n) is 6.94. The van der Waals surface area contributed by atoms with Crippen LogP contribution in [0.3, 0.4) is 0 Å². The third kappa shape index (κ3) is 4.54. The van der Waals surface area contributed by atoms with Crippen molar-refractivity contribution in [2.45, 2.75) is 24.0 Å². The first-order valence-corrected chi connectivity index (χ1v) is 8.43. The van der Waals surface area contributed by atoms with Crippen molar-refractivity contribution in [2.75, 3.05) is 0 Å². The molecule has 2 aromatic carbocycles. The summed E-state index contributed by atoms with van der Waals surface area (Å²) in [6.07, 6.45) is -4.53. The van der Waals surface area contributed by atoms with Crippen LogP contribution in [0.4, 0.5) is 18.9 Å². The minimum Gasteiger partial charge on any atom is -0.258 e. The van der Waals surface area contributed by atoms with E-state index in [1.165, 1.54) is 19.1 Å². The average molecular weight is 374 g/mol. The third-order valence-electron chi connectivity index (χ3n) is 3.40. The molecule has 2 rings (SSSR count). The van der Waals surface area contributed by atoms with Gasteiger partial charge in [0.05, 0.1) is 15.4 Å². The molecule has 1 unspecified atom stereocenters. The van der Waals surface area contributed by atoms with E-state index in [2.05, 4.69) is 4.72 Å². The number of hydrogen-bond acceptors (Lipinski definition) is 4. The van der Waals surface area contributed by atoms with Gasteiger partial charge in [0, 0.05) is 18.2 Å². The van der Waals surface area contributed by atoms with Crippen molar-refractivity contribution < 1.29 is 26.5 Å². The van der Waals surface area contributed by atoms with Gasteiger partial charge in [-0.25, -0.2) is 13.1 Å². The molecule has 0 saturated carbocycles. The van der Waals surface area contributed by atoms with Gasteiger partial charge in [0.2, 0.25) is 10.0 Å². The van der Waals surface area contributed by atoms with Crippen molar-refractivity contribution in [1.29, 1.82) is 0 Å². The van der Waals surface area contributed by atoms with E-state index in [-0.39, 0.29) is 16.1 Å². The van der Waals surface area contributed by atoms with Crippen molar-refractivity contribution in [2.24, 2.45) is 0 Å². The Hall–Kier alpha value is -2.46. The predicted octanol–water partition coefficient (Wildman–Crippen LogP) is 3.65. The Morgan fingerprint density at radius 2 is 1.72 bits per heavy atom. The lowest BCUT2D eigenvalue weighted by Crippen LogP contribution is -2.27. The van der Waals surface area contributed by atoms with E-state index < -0.39 is 32.7 Å². The fraction of sp³-hybridized carbons (Fsp3) is 0.200. The van der Waals surface area contributed by atoms with Crippen LogP contribution < -0.4 is 4.72 Å². The Morgan fingerprint density at radius 3 is 2.24 bits per heavy atom. The maximum Gasteiger partial charge on any atom is 0.416 e. The summed E-state index contributed by atoms with van der Waals surface area (Å²) in [4.78, 5) is 9.69. The van der Waals surface area contributed by atoms with Crippen LogP contribution >= 0.6 is 0 Å². The number of nitrogens with one attached hydrogen (secondary N) is 1. The molecular formula is C15H13F3N2O4S. The first kappa shape index (κ1) is 18.9. The smallest absolute Gasteiger partial charge is 0.258 e. The Labute approximate surface area is 141 Å². The molecule has 0 aliphatic heterocycles. The van der Waals surface area contributed by atoms with Crippen molar-refractivity contribution in [3.63, 3.8) is 0 Å². The molecule has 25 heavy (non-hydrogen) atoms. The normalized spacial score (nSPS) is 13.4. The minimum absolute atomic E-state index is 0.139. The Morgan fingerprint density at radius 1 is 1.12 bits per heavy atom. The van der Waals surface area contributed by atoms with Gasteiger partial charge in [0.25, 0.3) is 5.69 Å². The van der Waals surface area contributed by atoms with Crippen LogP contribution in [-0.4, -0.2) is 13.3 Å². The number of non-ortho nitro benzene ring substituents is 1. The standard InChI is InChI=1S/C15H13F3N2O4S/c1-10(11-3-2-4-12(9-11)15(16,17)18)19-25(23,24)14-7-5-13(6-8-14)20(21)22/h2-10,19H,1H3. The lowest BCUT2D eigenvalue weighted by Gasteiger charge is -2.16. The number of nitro benzene ring substituents is 1. The van der Waals surface area contributed by atoms with E-state index in [1.54, 1.807) is 0 Å². The highest BCUT2D eigenvalue weighted by Crippen LogP contribution is 2.31. The molecule has 0 aromatic heterocycles. The van der Waals surface area contributed by atoms with Gasteiger partial charge in [-0.2, -0.15) is 13.2 Å². The van der Waals surface area contributed by atoms with Crippen LogP contribution in [0.15, 0.2) is 53.4 Å². The molecular weight excluding hydrogens is 361 g/mol. The zero-order chi connectivity index (χ0) is 18.8. The van der Waals surface area contributed by atoms with Crippen LogP contribution in [0.5, 0.6) is 0 Å². The maximum absolute atomic E-state index is 12.7. The summed E-state index contributed by atoms with van der Waals surface area (Å²) in [6.45, 7) is 1.40. The molecule has 0 amide bonds. The second kappa shape index (κ2) is 6.81. The molecule has 0 fully saturated rings. The van der Waals surface area contributed by atoms with E-state index in [4.69, 9.17) is 0 Å². The van der Waals surface area contributed by atoms with Gasteiger partial charge in [-0.05, 0) is 36.8 Å². The number of alkyl halides is 3. The zero-order valence-electron chi connectivity index (χ0n) is 12.8. The summed E-state index contributed by atoms with van der Waals surface area (Å²) >= 11 is 0. The molecule has 0 aliphatic carbocycles. The zero-order valence-corrected chi connectivity index (χ0v) is 13.6. The summed E-state index contributed by atoms with van der Waals surface area (Å²) in [5, 5.41) is 10.6. The molecule has 0 spiro atoms. The van der Waals surface area contributed by atoms with Gasteiger partial charge >= 0.3 is 6.18 Å². The monoisotopic (exact) mass is 374 g/mol. The molecule has 0 aliphatic rings. The van der Waals surface area contributed by atoms with Crippen LogP contribution in [0.1, 0.15) is 24.1 Å². The number of hydrogen-bond donors (Lipinski definition) is 1.